The van der Waals surface area contributed by atoms with Crippen LogP contribution in [0.15, 0.2) is 83.3 Å². The van der Waals surface area contributed by atoms with Crippen molar-refractivity contribution in [2.24, 2.45) is 0 Å². The minimum atomic E-state index is -0.769. The molecule has 1 aromatic heterocycles. The van der Waals surface area contributed by atoms with Gasteiger partial charge in [-0.05, 0) is 42.5 Å². The highest BCUT2D eigenvalue weighted by Gasteiger charge is 2.23. The molecule has 4 rings (SSSR count). The van der Waals surface area contributed by atoms with Crippen molar-refractivity contribution in [1.29, 1.82) is 0 Å². The fourth-order valence-corrected chi connectivity index (χ4v) is 3.43. The van der Waals surface area contributed by atoms with Gasteiger partial charge in [0.1, 0.15) is 17.9 Å². The SMILES string of the molecule is CN(C)C(=O)c1ccc(NC(=O)COC(=O)c2oc3ccccc3c2COc2ccccc2)cc1. The smallest absolute Gasteiger partial charge is 0.375 e. The average molecular weight is 472 g/mol. The van der Waals surface area contributed by atoms with Gasteiger partial charge in [0.25, 0.3) is 11.8 Å². The highest BCUT2D eigenvalue weighted by molar-refractivity contribution is 5.99. The maximum Gasteiger partial charge on any atom is 0.375 e. The Labute approximate surface area is 202 Å². The third kappa shape index (κ3) is 5.67. The number of nitrogens with zero attached hydrogens (tertiary/aromatic N) is 1. The molecule has 0 radical (unpaired) electrons. The molecule has 3 aromatic carbocycles. The molecule has 8 nitrogen and oxygen atoms in total. The highest BCUT2D eigenvalue weighted by Crippen LogP contribution is 2.28. The lowest BCUT2D eigenvalue weighted by molar-refractivity contribution is -0.119. The number of carbonyl (C=O) groups is 3. The van der Waals surface area contributed by atoms with Crippen LogP contribution in [0.3, 0.4) is 0 Å². The molecular formula is C27H24N2O6. The summed E-state index contributed by atoms with van der Waals surface area (Å²) in [7, 11) is 3.32. The molecule has 0 bridgehead atoms. The summed E-state index contributed by atoms with van der Waals surface area (Å²) < 4.78 is 16.8. The van der Waals surface area contributed by atoms with Gasteiger partial charge < -0.3 is 24.1 Å². The second-order valence-electron chi connectivity index (χ2n) is 7.91. The summed E-state index contributed by atoms with van der Waals surface area (Å²) in [4.78, 5) is 38.6. The number of furan rings is 1. The van der Waals surface area contributed by atoms with E-state index < -0.39 is 18.5 Å². The Kier molecular flexibility index (Phi) is 7.11. The van der Waals surface area contributed by atoms with E-state index in [9.17, 15) is 14.4 Å². The van der Waals surface area contributed by atoms with Gasteiger partial charge in [-0.15, -0.1) is 0 Å². The number of anilines is 1. The van der Waals surface area contributed by atoms with Gasteiger partial charge in [0, 0.05) is 30.7 Å². The van der Waals surface area contributed by atoms with Gasteiger partial charge in [-0.2, -0.15) is 0 Å². The van der Waals surface area contributed by atoms with Crippen LogP contribution in [-0.2, 0) is 16.1 Å². The lowest BCUT2D eigenvalue weighted by atomic mass is 10.1. The second-order valence-corrected chi connectivity index (χ2v) is 7.91. The minimum absolute atomic E-state index is 0.0125. The van der Waals surface area contributed by atoms with Crippen LogP contribution in [0.2, 0.25) is 0 Å². The summed E-state index contributed by atoms with van der Waals surface area (Å²) in [6, 6.07) is 22.9. The van der Waals surface area contributed by atoms with Crippen LogP contribution >= 0.6 is 0 Å². The molecule has 0 unspecified atom stereocenters. The van der Waals surface area contributed by atoms with E-state index in [2.05, 4.69) is 5.32 Å². The van der Waals surface area contributed by atoms with E-state index in [0.29, 0.717) is 28.1 Å². The van der Waals surface area contributed by atoms with Crippen molar-refractivity contribution in [3.63, 3.8) is 0 Å². The number of hydrogen-bond acceptors (Lipinski definition) is 6. The quantitative estimate of drug-likeness (QED) is 0.379. The zero-order valence-electron chi connectivity index (χ0n) is 19.3. The van der Waals surface area contributed by atoms with E-state index in [1.54, 1.807) is 50.5 Å². The van der Waals surface area contributed by atoms with E-state index in [0.717, 1.165) is 5.39 Å². The van der Waals surface area contributed by atoms with Crippen molar-refractivity contribution in [1.82, 2.24) is 4.90 Å². The number of rotatable bonds is 8. The predicted molar refractivity (Wildman–Crippen MR) is 130 cm³/mol. The van der Waals surface area contributed by atoms with Crippen LogP contribution in [0.1, 0.15) is 26.5 Å². The molecule has 0 saturated carbocycles. The predicted octanol–water partition coefficient (Wildman–Crippen LogP) is 4.51. The van der Waals surface area contributed by atoms with E-state index in [1.165, 1.54) is 4.90 Å². The zero-order chi connectivity index (χ0) is 24.8. The first-order chi connectivity index (χ1) is 16.9. The van der Waals surface area contributed by atoms with Crippen molar-refractivity contribution in [2.75, 3.05) is 26.0 Å². The number of fused-ring (bicyclic) bond motifs is 1. The monoisotopic (exact) mass is 472 g/mol. The standard InChI is InChI=1S/C27H24N2O6/c1-29(2)26(31)18-12-14-19(15-13-18)28-24(30)17-34-27(32)25-22(16-33-20-8-4-3-5-9-20)21-10-6-7-11-23(21)35-25/h3-15H,16-17H2,1-2H3,(H,28,30). The summed E-state index contributed by atoms with van der Waals surface area (Å²) in [5, 5.41) is 3.36. The van der Waals surface area contributed by atoms with Gasteiger partial charge in [0.2, 0.25) is 5.76 Å². The van der Waals surface area contributed by atoms with E-state index in [4.69, 9.17) is 13.9 Å². The Morgan fingerprint density at radius 3 is 2.29 bits per heavy atom. The lowest BCUT2D eigenvalue weighted by Crippen LogP contribution is -2.22. The van der Waals surface area contributed by atoms with Gasteiger partial charge in [-0.1, -0.05) is 36.4 Å². The molecule has 0 aliphatic carbocycles. The highest BCUT2D eigenvalue weighted by atomic mass is 16.5. The van der Waals surface area contributed by atoms with E-state index in [1.807, 2.05) is 42.5 Å². The lowest BCUT2D eigenvalue weighted by Gasteiger charge is -2.11. The van der Waals surface area contributed by atoms with Gasteiger partial charge >= 0.3 is 5.97 Å². The summed E-state index contributed by atoms with van der Waals surface area (Å²) in [5.41, 5.74) is 2.02. The third-order valence-corrected chi connectivity index (χ3v) is 5.17. The third-order valence-electron chi connectivity index (χ3n) is 5.17. The van der Waals surface area contributed by atoms with Crippen LogP contribution < -0.4 is 10.1 Å². The van der Waals surface area contributed by atoms with Gasteiger partial charge in [0.15, 0.2) is 6.61 Å². The van der Waals surface area contributed by atoms with Crippen LogP contribution in [-0.4, -0.2) is 43.4 Å². The summed E-state index contributed by atoms with van der Waals surface area (Å²) >= 11 is 0. The molecule has 8 heteroatoms. The summed E-state index contributed by atoms with van der Waals surface area (Å²) in [6.45, 7) is -0.414. The Bertz CT molecular complexity index is 1340. The number of esters is 1. The first-order valence-electron chi connectivity index (χ1n) is 10.9. The first-order valence-corrected chi connectivity index (χ1v) is 10.9. The van der Waals surface area contributed by atoms with Crippen LogP contribution in [0, 0.1) is 0 Å². The van der Waals surface area contributed by atoms with Gasteiger partial charge in [-0.3, -0.25) is 9.59 Å². The Morgan fingerprint density at radius 1 is 0.886 bits per heavy atom. The zero-order valence-corrected chi connectivity index (χ0v) is 19.3. The molecule has 1 heterocycles. The molecule has 178 valence electrons. The molecule has 0 saturated heterocycles. The van der Waals surface area contributed by atoms with Crippen LogP contribution in [0.25, 0.3) is 11.0 Å². The van der Waals surface area contributed by atoms with E-state index in [-0.39, 0.29) is 18.3 Å². The summed E-state index contributed by atoms with van der Waals surface area (Å²) in [5.74, 6) is -0.802. The molecule has 0 fully saturated rings. The number of amides is 2. The van der Waals surface area contributed by atoms with Crippen molar-refractivity contribution in [2.45, 2.75) is 6.61 Å². The van der Waals surface area contributed by atoms with Crippen molar-refractivity contribution >= 4 is 34.4 Å². The molecule has 0 aliphatic rings. The van der Waals surface area contributed by atoms with Crippen LogP contribution in [0.4, 0.5) is 5.69 Å². The fourth-order valence-electron chi connectivity index (χ4n) is 3.43. The second kappa shape index (κ2) is 10.6. The topological polar surface area (TPSA) is 98.1 Å². The molecule has 4 aromatic rings. The maximum absolute atomic E-state index is 12.8. The number of carbonyl (C=O) groups excluding carboxylic acids is 3. The molecule has 1 N–H and O–H groups in total. The van der Waals surface area contributed by atoms with Gasteiger partial charge in [-0.25, -0.2) is 4.79 Å². The van der Waals surface area contributed by atoms with E-state index >= 15 is 0 Å². The molecule has 0 spiro atoms. The van der Waals surface area contributed by atoms with Crippen molar-refractivity contribution in [3.05, 3.63) is 95.7 Å². The number of para-hydroxylation sites is 2. The number of nitrogens with one attached hydrogen (secondary N) is 1. The molecule has 35 heavy (non-hydrogen) atoms. The largest absolute Gasteiger partial charge is 0.489 e. The fraction of sp³-hybridized carbons (Fsp3) is 0.148. The minimum Gasteiger partial charge on any atom is -0.489 e. The Morgan fingerprint density at radius 2 is 1.57 bits per heavy atom. The van der Waals surface area contributed by atoms with Gasteiger partial charge in [0.05, 0.1) is 5.56 Å². The molecular weight excluding hydrogens is 448 g/mol. The Balaban J connectivity index is 1.41. The average Bonchev–Trinajstić information content (AvgIpc) is 3.25. The molecule has 2 amide bonds. The number of benzene rings is 3. The normalized spacial score (nSPS) is 10.6. The number of hydrogen-bond donors (Lipinski definition) is 1. The molecule has 0 aliphatic heterocycles. The summed E-state index contributed by atoms with van der Waals surface area (Å²) in [6.07, 6.45) is 0. The maximum atomic E-state index is 12.8. The van der Waals surface area contributed by atoms with Crippen molar-refractivity contribution < 1.29 is 28.3 Å². The number of ether oxygens (including phenoxy) is 2. The van der Waals surface area contributed by atoms with Crippen LogP contribution in [0.5, 0.6) is 5.75 Å². The molecule has 0 atom stereocenters. The Hall–Kier alpha value is -4.59. The van der Waals surface area contributed by atoms with Crippen molar-refractivity contribution in [3.8, 4) is 5.75 Å². The first kappa shape index (κ1) is 23.6.